The zero-order chi connectivity index (χ0) is 101. The van der Waals surface area contributed by atoms with E-state index in [2.05, 4.69) is 60.1 Å². The normalized spacial score (nSPS) is 12.3. The Kier molecular flexibility index (Phi) is 26.1. The number of aromatic carboxylic acids is 2. The van der Waals surface area contributed by atoms with Crippen LogP contribution < -0.4 is 53.2 Å². The average Bonchev–Trinajstić information content (AvgIpc) is 1.57. The monoisotopic (exact) mass is 2030 g/mol. The van der Waals surface area contributed by atoms with Crippen molar-refractivity contribution in [3.63, 3.8) is 0 Å². The predicted molar refractivity (Wildman–Crippen MR) is 541 cm³/mol. The second-order valence-electron chi connectivity index (χ2n) is 34.1. The maximum absolute atomic E-state index is 15.4. The highest BCUT2D eigenvalue weighted by Crippen LogP contribution is 2.50. The van der Waals surface area contributed by atoms with Crippen LogP contribution in [0.5, 0.6) is 17.2 Å². The number of pyridine rings is 9. The predicted octanol–water partition coefficient (Wildman–Crippen LogP) is 17.2. The van der Waals surface area contributed by atoms with Crippen LogP contribution in [0, 0.1) is 29.1 Å². The van der Waals surface area contributed by atoms with Crippen molar-refractivity contribution in [3.8, 4) is 61.8 Å². The first-order valence-electron chi connectivity index (χ1n) is 45.5. The van der Waals surface area contributed by atoms with Gasteiger partial charge in [0.25, 0.3) is 22.2 Å². The number of hydrogen-bond acceptors (Lipinski definition) is 23. The van der Waals surface area contributed by atoms with E-state index in [0.29, 0.717) is 137 Å². The van der Waals surface area contributed by atoms with E-state index in [4.69, 9.17) is 62.8 Å². The lowest BCUT2D eigenvalue weighted by molar-refractivity contribution is 0.0493. The van der Waals surface area contributed by atoms with Crippen LogP contribution in [-0.4, -0.2) is 160 Å². The largest absolute Gasteiger partial charge is 0.492 e. The summed E-state index contributed by atoms with van der Waals surface area (Å²) in [4.78, 5) is 143. The van der Waals surface area contributed by atoms with Gasteiger partial charge in [0.05, 0.1) is 140 Å². The smallest absolute Gasteiger partial charge is 0.355 e. The van der Waals surface area contributed by atoms with Crippen molar-refractivity contribution in [3.05, 3.63) is 350 Å². The van der Waals surface area contributed by atoms with E-state index in [1.807, 2.05) is 48.5 Å². The number of nitrogens with zero attached hydrogens (tertiary/aromatic N) is 10. The van der Waals surface area contributed by atoms with Gasteiger partial charge in [-0.05, 0) is 146 Å². The lowest BCUT2D eigenvalue weighted by atomic mass is 10.00. The molecule has 0 aliphatic carbocycles. The summed E-state index contributed by atoms with van der Waals surface area (Å²) >= 11 is 13.1. The third-order valence-electron chi connectivity index (χ3n) is 25.6. The molecule has 12 N–H and O–H groups in total. The topological polar surface area (TPSA) is 476 Å². The van der Waals surface area contributed by atoms with Crippen molar-refractivity contribution in [1.29, 1.82) is 0 Å². The van der Waals surface area contributed by atoms with Crippen LogP contribution in [0.4, 0.5) is 27.8 Å². The molecule has 0 atom stereocenters. The molecule has 24 rings (SSSR count). The summed E-state index contributed by atoms with van der Waals surface area (Å²) in [7, 11) is 1.74. The van der Waals surface area contributed by atoms with Crippen LogP contribution >= 0.6 is 23.2 Å². The Morgan fingerprint density at radius 3 is 1.35 bits per heavy atom. The maximum Gasteiger partial charge on any atom is 0.355 e. The van der Waals surface area contributed by atoms with Gasteiger partial charge in [-0.25, -0.2) is 71.0 Å². The number of anilines is 1. The fourth-order valence-electron chi connectivity index (χ4n) is 19.4. The first kappa shape index (κ1) is 96.5. The number of likely N-dealkylation sites (N-methyl/N-ethyl adjacent to an activating group) is 1. The number of halogens is 7. The molecule has 15 aromatic heterocycles. The molecule has 740 valence electrons. The van der Waals surface area contributed by atoms with E-state index in [9.17, 15) is 53.0 Å². The number of nitrogen functional groups attached to an aromatic ring is 1. The Morgan fingerprint density at radius 1 is 0.456 bits per heavy atom. The Labute approximate surface area is 833 Å². The summed E-state index contributed by atoms with van der Waals surface area (Å²) < 4.78 is 116. The van der Waals surface area contributed by atoms with Crippen molar-refractivity contribution in [1.82, 2.24) is 78.4 Å². The molecule has 0 fully saturated rings. The van der Waals surface area contributed by atoms with E-state index < -0.39 is 75.2 Å². The molecule has 0 saturated heterocycles. The summed E-state index contributed by atoms with van der Waals surface area (Å²) in [5.74, 6) is -5.53. The molecule has 21 aromatic rings. The van der Waals surface area contributed by atoms with Gasteiger partial charge in [0.2, 0.25) is 0 Å². The number of ether oxygens (including phenoxy) is 5. The van der Waals surface area contributed by atoms with E-state index >= 15 is 17.6 Å². The number of nitrogens with one attached hydrogen (secondary N) is 6. The number of carbonyl (C=O) groups is 4. The molecule has 0 unspecified atom stereocenters. The van der Waals surface area contributed by atoms with Gasteiger partial charge in [0, 0.05) is 154 Å². The molecule has 0 radical (unpaired) electrons. The van der Waals surface area contributed by atoms with Crippen LogP contribution in [0.1, 0.15) is 88.3 Å². The third-order valence-corrected chi connectivity index (χ3v) is 26.3. The van der Waals surface area contributed by atoms with Crippen LogP contribution in [0.25, 0.3) is 143 Å². The molecule has 3 aliphatic rings. The second-order valence-corrected chi connectivity index (χ2v) is 34.8. The lowest BCUT2D eigenvalue weighted by Gasteiger charge is -2.13. The minimum absolute atomic E-state index is 0. The van der Waals surface area contributed by atoms with Crippen molar-refractivity contribution < 1.29 is 79.4 Å². The molecular weight excluding hydrogens is 1950 g/mol. The van der Waals surface area contributed by atoms with E-state index in [1.165, 1.54) is 101 Å². The molecule has 41 heteroatoms. The SMILES string of the molecule is C.CNCCOC(=O)c1c(-c2ccc[nH]c2=O)c2c3c(c(F)cc2n1Cc1cc2cccnc2nc1Cl)CCO3.NCCOC(=O)c1c(-c2ccc[nH]c2=O)c2c3c(c(F)cc2n1Cc1cc2cccnc2nc1Cl)CCO3.Nc1cc(Cn2c(C(=O)O)c(-c3ccc[nH]c3=O)c3c4occc4c(F)cc32)c2ccccc2n1.O=C(O)c1c(-c2ccc[nH]c2=O)c2c3c(c(F)cc2n1Cc1cc2[nH]cnc2cc1F)CCO3. The molecule has 147 heavy (non-hydrogen) atoms. The molecule has 18 heterocycles. The number of rotatable bonds is 21. The van der Waals surface area contributed by atoms with E-state index in [0.717, 1.165) is 16.2 Å². The zero-order valence-corrected chi connectivity index (χ0v) is 77.9. The van der Waals surface area contributed by atoms with Crippen LogP contribution in [0.2, 0.25) is 10.3 Å². The fourth-order valence-corrected chi connectivity index (χ4v) is 19.8. The fraction of sp³-hybridized carbons (Fsp3) is 0.151. The number of fused-ring (bicyclic) bond motifs is 16. The standard InChI is InChI=1S/C28H23ClFN5O4.C27H21ClFN5O4.C26H17FN4O4.C24H16F2N4O4.CH4/c1-31-9-11-39-28(37)23-21(18-5-3-8-33-27(18)36)22-20(13-19(30)17-6-10-38-24(17)22)35(23)14-16-12-15-4-2-7-32-26(15)34-25(16)29;28-24-15(11-14-3-1-7-31-25(14)33-24)13-34-19-12-18(29)16-5-9-37-23(16)21(19)20(17-4-2-8-32-26(17)35)22(34)27(36)38-10-6-30;27-17-11-19-22(24-15(17)7-9-35-24)21(16-5-3-8-29-25(16)32)23(26(33)34)31(19)12-13-10-20(28)30-18-6-2-1-4-14(13)18;25-14-7-17-16(28-10-29-17)6-11(14)9-30-18-8-15(26)12-3-5-34-22(12)20(18)19(21(30)24(32)33)13-2-1-4-27-23(13)31;/h2-5,7-8,12-13,31H,6,9-11,14H2,1H3,(H,33,36);1-4,7-8,11-12H,5-6,9-10,13,30H2,(H,32,35);1-11H,12H2,(H2,28,30)(H,29,32)(H,33,34);1-2,4,6-8,10H,3,5,9H2,(H,27,31)(H,28,29)(H,32,33);1H4. The van der Waals surface area contributed by atoms with Crippen LogP contribution in [-0.2, 0) is 54.9 Å². The van der Waals surface area contributed by atoms with Gasteiger partial charge in [-0.1, -0.05) is 48.8 Å². The summed E-state index contributed by atoms with van der Waals surface area (Å²) in [6, 6.07) is 42.1. The molecule has 0 spiro atoms. The minimum atomic E-state index is -1.34. The first-order valence-corrected chi connectivity index (χ1v) is 46.2. The Morgan fingerprint density at radius 2 is 0.884 bits per heavy atom. The van der Waals surface area contributed by atoms with Crippen molar-refractivity contribution in [2.24, 2.45) is 5.73 Å². The number of esters is 2. The van der Waals surface area contributed by atoms with E-state index in [1.54, 1.807) is 83.2 Å². The molecule has 0 saturated carbocycles. The number of H-pyrrole nitrogens is 5. The highest BCUT2D eigenvalue weighted by molar-refractivity contribution is 6.31. The molecule has 0 amide bonds. The maximum atomic E-state index is 15.4. The number of carboxylic acids is 2. The van der Waals surface area contributed by atoms with Crippen LogP contribution in [0.15, 0.2) is 231 Å². The number of carboxylic acid groups (broad SMARTS) is 2. The molecular formula is C106H81Cl2F5N18O16. The molecule has 0 bridgehead atoms. The summed E-state index contributed by atoms with van der Waals surface area (Å²) in [6.45, 7) is 1.28. The number of hydrogen-bond donors (Lipinski definition) is 10. The lowest BCUT2D eigenvalue weighted by Crippen LogP contribution is -2.20. The average molecular weight is 2030 g/mol. The zero-order valence-electron chi connectivity index (χ0n) is 76.4. The number of imidazole rings is 1. The van der Waals surface area contributed by atoms with Crippen molar-refractivity contribution in [2.45, 2.75) is 52.9 Å². The molecule has 3 aliphatic heterocycles. The highest BCUT2D eigenvalue weighted by Gasteiger charge is 2.39. The van der Waals surface area contributed by atoms with Crippen molar-refractivity contribution in [2.75, 3.05) is 58.9 Å². The van der Waals surface area contributed by atoms with Gasteiger partial charge < -0.3 is 98.3 Å². The van der Waals surface area contributed by atoms with Gasteiger partial charge in [-0.2, -0.15) is 0 Å². The summed E-state index contributed by atoms with van der Waals surface area (Å²) in [5, 5.41) is 27.9. The number of aromatic amines is 5. The number of aromatic nitrogens is 15. The van der Waals surface area contributed by atoms with Gasteiger partial charge in [-0.15, -0.1) is 0 Å². The quantitative estimate of drug-likeness (QED) is 0.0138. The summed E-state index contributed by atoms with van der Waals surface area (Å²) in [6.07, 6.45) is 13.0. The first-order chi connectivity index (χ1) is 70.8. The van der Waals surface area contributed by atoms with Gasteiger partial charge in [-0.3, -0.25) is 19.2 Å². The van der Waals surface area contributed by atoms with Crippen LogP contribution in [0.3, 0.4) is 0 Å². The number of benzene rings is 6. The Hall–Kier alpha value is -18.0. The number of furan rings is 1. The Bertz CT molecular complexity index is 9290. The van der Waals surface area contributed by atoms with Gasteiger partial charge in [0.15, 0.2) is 11.3 Å². The molecule has 6 aromatic carbocycles. The highest BCUT2D eigenvalue weighted by atomic mass is 35.5. The third kappa shape index (κ3) is 17.4. The Balaban J connectivity index is 0.000000119. The van der Waals surface area contributed by atoms with Gasteiger partial charge in [0.1, 0.15) is 104 Å². The van der Waals surface area contributed by atoms with E-state index in [-0.39, 0.29) is 184 Å². The summed E-state index contributed by atoms with van der Waals surface area (Å²) in [5.41, 5.74) is 18.1. The number of carbonyl (C=O) groups excluding carboxylic acids is 2. The number of para-hydroxylation sites is 1. The van der Waals surface area contributed by atoms with Crippen molar-refractivity contribution >= 4 is 151 Å². The number of nitrogens with two attached hydrogens (primary N) is 2. The second kappa shape index (κ2) is 39.7. The minimum Gasteiger partial charge on any atom is -0.492 e. The van der Waals surface area contributed by atoms with Gasteiger partial charge >= 0.3 is 23.9 Å². The molecule has 34 nitrogen and oxygen atoms in total.